The van der Waals surface area contributed by atoms with Gasteiger partial charge in [0.2, 0.25) is 11.8 Å². The maximum atomic E-state index is 15.2. The number of nitrogens with zero attached hydrogens (tertiary/aromatic N) is 3. The Bertz CT molecular complexity index is 2010. The monoisotopic (exact) mass is 751 g/mol. The molecule has 4 atom stereocenters. The first-order chi connectivity index (χ1) is 25.5. The van der Waals surface area contributed by atoms with Crippen LogP contribution in [-0.2, 0) is 37.8 Å². The predicted octanol–water partition coefficient (Wildman–Crippen LogP) is 6.26. The molecule has 3 aliphatic heterocycles. The summed E-state index contributed by atoms with van der Waals surface area (Å²) in [5.41, 5.74) is 2.53. The van der Waals surface area contributed by atoms with Crippen LogP contribution >= 0.6 is 11.6 Å². The zero-order valence-electron chi connectivity index (χ0n) is 30.6. The Morgan fingerprint density at radius 3 is 2.40 bits per heavy atom. The van der Waals surface area contributed by atoms with Crippen molar-refractivity contribution in [2.24, 2.45) is 5.92 Å². The van der Waals surface area contributed by atoms with E-state index in [2.05, 4.69) is 32.2 Å². The summed E-state index contributed by atoms with van der Waals surface area (Å²) in [5, 5.41) is 11.6. The summed E-state index contributed by atoms with van der Waals surface area (Å²) >= 11 is 6.69. The Morgan fingerprint density at radius 1 is 1.00 bits per heavy atom. The van der Waals surface area contributed by atoms with E-state index >= 15 is 4.79 Å². The van der Waals surface area contributed by atoms with Crippen molar-refractivity contribution in [2.45, 2.75) is 63.2 Å². The number of carbonyl (C=O) groups excluding carboxylic acids is 3. The average molecular weight is 752 g/mol. The van der Waals surface area contributed by atoms with Crippen LogP contribution in [0.5, 0.6) is 5.75 Å². The molecule has 7 rings (SSSR count). The molecule has 3 amide bonds. The van der Waals surface area contributed by atoms with Gasteiger partial charge in [0.05, 0.1) is 46.5 Å². The summed E-state index contributed by atoms with van der Waals surface area (Å²) in [7, 11) is -0.880. The van der Waals surface area contributed by atoms with Crippen molar-refractivity contribution in [3.05, 3.63) is 119 Å². The molecule has 276 valence electrons. The number of hydrogen-bond donors (Lipinski definition) is 1. The topological polar surface area (TPSA) is 99.6 Å². The van der Waals surface area contributed by atoms with Crippen molar-refractivity contribution in [1.82, 2.24) is 4.90 Å². The Balaban J connectivity index is 1.28. The van der Waals surface area contributed by atoms with Gasteiger partial charge < -0.3 is 29.3 Å². The van der Waals surface area contributed by atoms with Crippen LogP contribution in [0.2, 0.25) is 23.7 Å². The largest absolute Gasteiger partial charge is 0.497 e. The first kappa shape index (κ1) is 36.9. The second kappa shape index (κ2) is 14.7. The number of benzene rings is 4. The smallest absolute Gasteiger partial charge is 0.264 e. The highest BCUT2D eigenvalue weighted by molar-refractivity contribution is 6.91. The molecule has 0 aliphatic carbocycles. The van der Waals surface area contributed by atoms with Crippen molar-refractivity contribution in [3.63, 3.8) is 0 Å². The summed E-state index contributed by atoms with van der Waals surface area (Å²) < 4.78 is 12.7. The lowest BCUT2D eigenvalue weighted by Crippen LogP contribution is -2.52. The fourth-order valence-corrected chi connectivity index (χ4v) is 12.9. The number of rotatable bonds is 12. The minimum Gasteiger partial charge on any atom is -0.497 e. The molecule has 0 saturated carbocycles. The highest BCUT2D eigenvalue weighted by atomic mass is 35.5. The lowest BCUT2D eigenvalue weighted by molar-refractivity contribution is -0.150. The summed E-state index contributed by atoms with van der Waals surface area (Å²) in [6, 6.07) is 31.1. The third-order valence-electron chi connectivity index (χ3n) is 11.5. The Kier molecular flexibility index (Phi) is 10.3. The van der Waals surface area contributed by atoms with Gasteiger partial charge in [-0.05, 0) is 59.1 Å². The molecule has 0 radical (unpaired) electrons. The number of β-lactam (4-membered cyclic amide) rings is 1. The van der Waals surface area contributed by atoms with Gasteiger partial charge in [-0.25, -0.2) is 0 Å². The van der Waals surface area contributed by atoms with Crippen LogP contribution in [0.1, 0.15) is 36.5 Å². The summed E-state index contributed by atoms with van der Waals surface area (Å²) in [5.74, 6) is 0.175. The number of fused-ring (bicyclic) bond motifs is 2. The van der Waals surface area contributed by atoms with Crippen LogP contribution in [0.4, 0.5) is 11.4 Å². The molecule has 1 spiro atoms. The number of ether oxygens (including phenoxy) is 2. The van der Waals surface area contributed by atoms with Gasteiger partial charge in [0.1, 0.15) is 5.75 Å². The van der Waals surface area contributed by atoms with Crippen LogP contribution in [0, 0.1) is 5.92 Å². The molecule has 0 aromatic heterocycles. The molecule has 3 aliphatic rings. The van der Waals surface area contributed by atoms with Gasteiger partial charge in [0.15, 0.2) is 5.60 Å². The Labute approximate surface area is 317 Å². The molecule has 11 heteroatoms. The summed E-state index contributed by atoms with van der Waals surface area (Å²) in [4.78, 5) is 47.0. The third-order valence-corrected chi connectivity index (χ3v) is 16.1. The van der Waals surface area contributed by atoms with Crippen molar-refractivity contribution in [3.8, 4) is 5.75 Å². The van der Waals surface area contributed by atoms with E-state index in [9.17, 15) is 14.7 Å². The maximum absolute atomic E-state index is 15.2. The minimum atomic E-state index is -2.52. The quantitative estimate of drug-likeness (QED) is 0.136. The highest BCUT2D eigenvalue weighted by Crippen LogP contribution is 2.60. The van der Waals surface area contributed by atoms with Gasteiger partial charge in [-0.2, -0.15) is 0 Å². The van der Waals surface area contributed by atoms with E-state index in [1.165, 1.54) is 0 Å². The molecule has 2 saturated heterocycles. The van der Waals surface area contributed by atoms with Gasteiger partial charge in [0, 0.05) is 48.2 Å². The third kappa shape index (κ3) is 6.67. The molecule has 4 aromatic carbocycles. The fourth-order valence-electron chi connectivity index (χ4n) is 8.75. The van der Waals surface area contributed by atoms with E-state index in [1.807, 2.05) is 78.9 Å². The zero-order valence-corrected chi connectivity index (χ0v) is 32.4. The average Bonchev–Trinajstić information content (AvgIpc) is 3.57. The molecule has 9 nitrogen and oxygen atoms in total. The number of aliphatic hydroxyl groups is 1. The number of aliphatic hydroxyl groups excluding tert-OH is 1. The van der Waals surface area contributed by atoms with Gasteiger partial charge in [-0.3, -0.25) is 14.4 Å². The molecule has 53 heavy (non-hydrogen) atoms. The molecule has 0 unspecified atom stereocenters. The van der Waals surface area contributed by atoms with Gasteiger partial charge >= 0.3 is 0 Å². The van der Waals surface area contributed by atoms with Gasteiger partial charge in [-0.1, -0.05) is 91.4 Å². The summed E-state index contributed by atoms with van der Waals surface area (Å²) in [6.07, 6.45) is -0.0217. The molecule has 3 heterocycles. The van der Waals surface area contributed by atoms with E-state index in [-0.39, 0.29) is 55.3 Å². The second-order valence-corrected chi connectivity index (χ2v) is 20.0. The first-order valence-electron chi connectivity index (χ1n) is 18.2. The van der Waals surface area contributed by atoms with E-state index in [0.29, 0.717) is 30.1 Å². The van der Waals surface area contributed by atoms with E-state index in [4.69, 9.17) is 21.1 Å². The van der Waals surface area contributed by atoms with Crippen molar-refractivity contribution in [1.29, 1.82) is 0 Å². The first-order valence-corrected chi connectivity index (χ1v) is 21.7. The summed E-state index contributed by atoms with van der Waals surface area (Å²) in [6.45, 7) is 7.96. The zero-order chi connectivity index (χ0) is 37.5. The lowest BCUT2D eigenvalue weighted by Gasteiger charge is -2.37. The Morgan fingerprint density at radius 2 is 1.74 bits per heavy atom. The van der Waals surface area contributed by atoms with Crippen molar-refractivity contribution in [2.75, 3.05) is 36.6 Å². The van der Waals surface area contributed by atoms with Crippen LogP contribution < -0.4 is 19.7 Å². The molecule has 1 N–H and O–H groups in total. The van der Waals surface area contributed by atoms with E-state index < -0.39 is 19.8 Å². The predicted molar refractivity (Wildman–Crippen MR) is 209 cm³/mol. The van der Waals surface area contributed by atoms with Crippen LogP contribution in [0.15, 0.2) is 97.1 Å². The molecular weight excluding hydrogens is 706 g/mol. The maximum Gasteiger partial charge on any atom is 0.264 e. The van der Waals surface area contributed by atoms with Crippen molar-refractivity contribution >= 4 is 54.0 Å². The fraction of sp³-hybridized carbons (Fsp3) is 0.357. The number of carbonyl (C=O) groups is 3. The lowest BCUT2D eigenvalue weighted by atomic mass is 9.82. The molecule has 4 aromatic rings. The highest BCUT2D eigenvalue weighted by Gasteiger charge is 2.66. The SMILES string of the molecule is COc1ccc([Si](C)(C)[C@@H]2[C@@H](CC(=O)N(CCO)Cc3ccccc3)O[C@]3(C(=O)N(Cc4cccc(N5CCC5=O)c4)c4ccc(Cl)cc43)[C@H]2C)cc1. The van der Waals surface area contributed by atoms with E-state index in [0.717, 1.165) is 33.4 Å². The Hall–Kier alpha value is -4.48. The molecule has 0 bridgehead atoms. The normalized spacial score (nSPS) is 22.3. The standard InChI is InChI=1S/C42H46ClN3O6Si/c1-28-40(53(3,4)34-16-14-33(51-2)15-17-34)37(25-39(49)44(21-22-47)26-29-9-6-5-7-10-29)52-42(28)35-24-31(43)13-18-36(35)46(41(42)50)27-30-11-8-12-32(23-30)45-20-19-38(45)48/h5-18,23-24,28,37,40,47H,19-22,25-27H2,1-4H3/t28-,37+,40-,42+/m0/s1. The van der Waals surface area contributed by atoms with Crippen LogP contribution in [0.25, 0.3) is 0 Å². The number of hydrogen-bond acceptors (Lipinski definition) is 6. The number of halogens is 1. The van der Waals surface area contributed by atoms with Gasteiger partial charge in [-0.15, -0.1) is 0 Å². The second-order valence-electron chi connectivity index (χ2n) is 14.9. The van der Waals surface area contributed by atoms with Crippen molar-refractivity contribution < 1.29 is 29.0 Å². The number of anilines is 2. The molecular formula is C42H46ClN3O6Si. The van der Waals surface area contributed by atoms with E-state index in [1.54, 1.807) is 27.9 Å². The number of methoxy groups -OCH3 is 1. The van der Waals surface area contributed by atoms with Gasteiger partial charge in [0.25, 0.3) is 5.91 Å². The number of amides is 3. The minimum absolute atomic E-state index is 0.0469. The van der Waals surface area contributed by atoms with Crippen LogP contribution in [0.3, 0.4) is 0 Å². The van der Waals surface area contributed by atoms with Crippen LogP contribution in [-0.4, -0.2) is 68.7 Å². The molecule has 2 fully saturated rings.